The molecule has 0 spiro atoms. The minimum absolute atomic E-state index is 0.0125. The molecule has 172 valence electrons. The van der Waals surface area contributed by atoms with Gasteiger partial charge in [-0.15, -0.1) is 0 Å². The van der Waals surface area contributed by atoms with Crippen molar-refractivity contribution in [1.29, 1.82) is 0 Å². The highest BCUT2D eigenvalue weighted by Gasteiger charge is 2.39. The second kappa shape index (κ2) is 9.70. The van der Waals surface area contributed by atoms with Crippen LogP contribution in [0.2, 0.25) is 0 Å². The smallest absolute Gasteiger partial charge is 0.243 e. The molecule has 8 heteroatoms. The lowest BCUT2D eigenvalue weighted by Crippen LogP contribution is -2.51. The van der Waals surface area contributed by atoms with Crippen molar-refractivity contribution in [3.8, 4) is 0 Å². The van der Waals surface area contributed by atoms with Gasteiger partial charge in [-0.2, -0.15) is 4.31 Å². The topological polar surface area (TPSA) is 92.9 Å². The Morgan fingerprint density at radius 1 is 1.06 bits per heavy atom. The average molecular weight is 458 g/mol. The molecule has 2 N–H and O–H groups in total. The molecule has 3 atom stereocenters. The zero-order valence-electron chi connectivity index (χ0n) is 18.4. The average Bonchev–Trinajstić information content (AvgIpc) is 2.84. The van der Waals surface area contributed by atoms with E-state index in [9.17, 15) is 13.2 Å². The van der Waals surface area contributed by atoms with Gasteiger partial charge < -0.3 is 15.4 Å². The normalized spacial score (nSPS) is 23.6. The fourth-order valence-electron chi connectivity index (χ4n) is 4.55. The van der Waals surface area contributed by atoms with E-state index in [1.165, 1.54) is 4.31 Å². The van der Waals surface area contributed by atoms with E-state index in [1.54, 1.807) is 18.2 Å². The van der Waals surface area contributed by atoms with Gasteiger partial charge in [0.25, 0.3) is 0 Å². The number of morpholine rings is 1. The summed E-state index contributed by atoms with van der Waals surface area (Å²) in [6.45, 7) is 4.50. The van der Waals surface area contributed by atoms with Gasteiger partial charge in [0, 0.05) is 32.2 Å². The zero-order chi connectivity index (χ0) is 22.7. The lowest BCUT2D eigenvalue weighted by atomic mass is 9.85. The molecule has 2 fully saturated rings. The van der Waals surface area contributed by atoms with Gasteiger partial charge in [0.15, 0.2) is 0 Å². The van der Waals surface area contributed by atoms with Crippen molar-refractivity contribution in [1.82, 2.24) is 9.21 Å². The quantitative estimate of drug-likeness (QED) is 0.744. The number of sulfonamides is 1. The Morgan fingerprint density at radius 2 is 1.78 bits per heavy atom. The lowest BCUT2D eigenvalue weighted by Gasteiger charge is -2.39. The van der Waals surface area contributed by atoms with Crippen molar-refractivity contribution >= 4 is 15.9 Å². The first kappa shape index (κ1) is 22.9. The van der Waals surface area contributed by atoms with Crippen LogP contribution in [0.5, 0.6) is 0 Å². The number of nitrogens with zero attached hydrogens (tertiary/aromatic N) is 2. The van der Waals surface area contributed by atoms with Crippen LogP contribution in [-0.2, 0) is 19.6 Å². The number of hydrogen-bond donors (Lipinski definition) is 1. The third kappa shape index (κ3) is 4.88. The van der Waals surface area contributed by atoms with Crippen molar-refractivity contribution < 1.29 is 17.9 Å². The maximum atomic E-state index is 13.6. The van der Waals surface area contributed by atoms with E-state index in [1.807, 2.05) is 48.2 Å². The van der Waals surface area contributed by atoms with Gasteiger partial charge in [-0.05, 0) is 42.5 Å². The molecule has 2 aromatic carbocycles. The summed E-state index contributed by atoms with van der Waals surface area (Å²) < 4.78 is 34.1. The molecule has 2 heterocycles. The minimum Gasteiger partial charge on any atom is -0.378 e. The molecule has 2 saturated heterocycles. The van der Waals surface area contributed by atoms with Crippen LogP contribution in [0.1, 0.15) is 36.4 Å². The summed E-state index contributed by atoms with van der Waals surface area (Å²) in [5, 5.41) is 0. The molecule has 1 unspecified atom stereocenters. The molecule has 0 saturated carbocycles. The van der Waals surface area contributed by atoms with Crippen molar-refractivity contribution in [2.75, 3.05) is 39.4 Å². The Bertz CT molecular complexity index is 1040. The molecule has 0 radical (unpaired) electrons. The molecule has 0 aliphatic carbocycles. The summed E-state index contributed by atoms with van der Waals surface area (Å²) in [6, 6.07) is 16.4. The Labute approximate surface area is 190 Å². The SMILES string of the molecule is CC(N)c1cccc(S(=O)(=O)N2C[C@H](C(=O)N3CCOCC3)C[C@@H](c3ccccc3)C2)c1. The lowest BCUT2D eigenvalue weighted by molar-refractivity contribution is -0.141. The summed E-state index contributed by atoms with van der Waals surface area (Å²) in [7, 11) is -3.77. The van der Waals surface area contributed by atoms with Gasteiger partial charge in [-0.3, -0.25) is 4.79 Å². The van der Waals surface area contributed by atoms with Crippen molar-refractivity contribution in [2.24, 2.45) is 11.7 Å². The Balaban J connectivity index is 1.65. The fourth-order valence-corrected chi connectivity index (χ4v) is 6.14. The number of nitrogens with two attached hydrogens (primary N) is 1. The molecule has 1 amide bonds. The summed E-state index contributed by atoms with van der Waals surface area (Å²) in [6.07, 6.45) is 0.631. The summed E-state index contributed by atoms with van der Waals surface area (Å²) in [5.41, 5.74) is 7.80. The Kier molecular flexibility index (Phi) is 6.95. The van der Waals surface area contributed by atoms with Crippen molar-refractivity contribution in [3.05, 3.63) is 65.7 Å². The summed E-state index contributed by atoms with van der Waals surface area (Å²) in [5.74, 6) is -0.428. The second-order valence-corrected chi connectivity index (χ2v) is 10.6. The highest BCUT2D eigenvalue weighted by atomic mass is 32.2. The number of carbonyl (C=O) groups is 1. The predicted octanol–water partition coefficient (Wildman–Crippen LogP) is 2.36. The Morgan fingerprint density at radius 3 is 2.47 bits per heavy atom. The van der Waals surface area contributed by atoms with Gasteiger partial charge >= 0.3 is 0 Å². The molecular formula is C24H31N3O4S. The zero-order valence-corrected chi connectivity index (χ0v) is 19.2. The number of rotatable bonds is 5. The van der Waals surface area contributed by atoms with E-state index in [2.05, 4.69) is 0 Å². The van der Waals surface area contributed by atoms with E-state index in [0.29, 0.717) is 39.3 Å². The minimum atomic E-state index is -3.77. The van der Waals surface area contributed by atoms with Crippen LogP contribution < -0.4 is 5.73 Å². The number of piperidine rings is 1. The highest BCUT2D eigenvalue weighted by Crippen LogP contribution is 2.34. The van der Waals surface area contributed by atoms with Crippen molar-refractivity contribution in [3.63, 3.8) is 0 Å². The summed E-state index contributed by atoms with van der Waals surface area (Å²) in [4.78, 5) is 15.3. The van der Waals surface area contributed by atoms with Crippen LogP contribution in [-0.4, -0.2) is 62.9 Å². The first-order valence-corrected chi connectivity index (χ1v) is 12.6. The monoisotopic (exact) mass is 457 g/mol. The maximum absolute atomic E-state index is 13.6. The van der Waals surface area contributed by atoms with Crippen LogP contribution >= 0.6 is 0 Å². The molecule has 4 rings (SSSR count). The van der Waals surface area contributed by atoms with E-state index in [4.69, 9.17) is 10.5 Å². The summed E-state index contributed by atoms with van der Waals surface area (Å²) >= 11 is 0. The molecule has 0 aromatic heterocycles. The molecule has 2 aliphatic heterocycles. The van der Waals surface area contributed by atoms with E-state index >= 15 is 0 Å². The van der Waals surface area contributed by atoms with Crippen LogP contribution in [0.4, 0.5) is 0 Å². The molecular weight excluding hydrogens is 426 g/mol. The van der Waals surface area contributed by atoms with Crippen LogP contribution in [0, 0.1) is 5.92 Å². The number of carbonyl (C=O) groups excluding carboxylic acids is 1. The van der Waals surface area contributed by atoms with Crippen LogP contribution in [0.3, 0.4) is 0 Å². The molecule has 2 aromatic rings. The molecule has 2 aliphatic rings. The van der Waals surface area contributed by atoms with E-state index in [-0.39, 0.29) is 29.3 Å². The number of amides is 1. The number of hydrogen-bond acceptors (Lipinski definition) is 5. The second-order valence-electron chi connectivity index (χ2n) is 8.66. The largest absolute Gasteiger partial charge is 0.378 e. The van der Waals surface area contributed by atoms with E-state index < -0.39 is 15.9 Å². The highest BCUT2D eigenvalue weighted by molar-refractivity contribution is 7.89. The van der Waals surface area contributed by atoms with E-state index in [0.717, 1.165) is 11.1 Å². The van der Waals surface area contributed by atoms with Gasteiger partial charge in [-0.1, -0.05) is 42.5 Å². The maximum Gasteiger partial charge on any atom is 0.243 e. The van der Waals surface area contributed by atoms with Gasteiger partial charge in [0.2, 0.25) is 15.9 Å². The molecule has 32 heavy (non-hydrogen) atoms. The van der Waals surface area contributed by atoms with Crippen molar-refractivity contribution in [2.45, 2.75) is 30.2 Å². The predicted molar refractivity (Wildman–Crippen MR) is 122 cm³/mol. The van der Waals surface area contributed by atoms with Gasteiger partial charge in [-0.25, -0.2) is 8.42 Å². The number of ether oxygens (including phenoxy) is 1. The fraction of sp³-hybridized carbons (Fsp3) is 0.458. The standard InChI is InChI=1S/C24H31N3O4S/c1-18(25)20-8-5-9-23(15-20)32(29,30)27-16-21(19-6-3-2-4-7-19)14-22(17-27)24(28)26-10-12-31-13-11-26/h2-9,15,18,21-22H,10-14,16-17,25H2,1H3/t18?,21-,22-/m1/s1. The van der Waals surface area contributed by atoms with Crippen LogP contribution in [0.15, 0.2) is 59.5 Å². The van der Waals surface area contributed by atoms with Crippen LogP contribution in [0.25, 0.3) is 0 Å². The molecule has 0 bridgehead atoms. The first-order valence-electron chi connectivity index (χ1n) is 11.1. The van der Waals surface area contributed by atoms with Gasteiger partial charge in [0.05, 0.1) is 24.0 Å². The number of benzene rings is 2. The Hall–Kier alpha value is -2.26. The third-order valence-corrected chi connectivity index (χ3v) is 8.21. The first-order chi connectivity index (χ1) is 15.4. The third-order valence-electron chi connectivity index (χ3n) is 6.38. The molecule has 7 nitrogen and oxygen atoms in total. The van der Waals surface area contributed by atoms with Gasteiger partial charge in [0.1, 0.15) is 0 Å².